The van der Waals surface area contributed by atoms with E-state index in [1.807, 2.05) is 0 Å². The molecule has 8 nitrogen and oxygen atoms in total. The second-order valence-electron chi connectivity index (χ2n) is 9.09. The number of hydrogen-bond acceptors (Lipinski definition) is 8. The van der Waals surface area contributed by atoms with Crippen molar-refractivity contribution in [2.75, 3.05) is 35.7 Å². The predicted molar refractivity (Wildman–Crippen MR) is 125 cm³/mol. The minimum atomic E-state index is -1.11. The monoisotopic (exact) mass is 476 g/mol. The molecule has 0 radical (unpaired) electrons. The Labute approximate surface area is 195 Å². The third-order valence-electron chi connectivity index (χ3n) is 6.92. The summed E-state index contributed by atoms with van der Waals surface area (Å²) < 4.78 is 13.0. The van der Waals surface area contributed by atoms with Crippen LogP contribution in [0.3, 0.4) is 0 Å². The molecule has 172 valence electrons. The molecule has 2 aromatic rings. The van der Waals surface area contributed by atoms with Crippen LogP contribution in [-0.2, 0) is 17.2 Å². The Balaban J connectivity index is 1.40. The number of fused-ring (bicyclic) bond motifs is 1. The number of hydrogen-bond donors (Lipinski definition) is 2. The zero-order valence-corrected chi connectivity index (χ0v) is 19.7. The van der Waals surface area contributed by atoms with Crippen LogP contribution in [0.5, 0.6) is 0 Å². The van der Waals surface area contributed by atoms with Crippen LogP contribution < -0.4 is 10.2 Å². The van der Waals surface area contributed by atoms with Gasteiger partial charge in [0.1, 0.15) is 16.5 Å². The first-order valence-corrected chi connectivity index (χ1v) is 13.2. The van der Waals surface area contributed by atoms with Crippen LogP contribution >= 0.6 is 11.6 Å². The van der Waals surface area contributed by atoms with E-state index in [-0.39, 0.29) is 18.1 Å². The third kappa shape index (κ3) is 4.34. The topological polar surface area (TPSA) is 104 Å². The van der Waals surface area contributed by atoms with Gasteiger partial charge in [-0.2, -0.15) is 0 Å². The van der Waals surface area contributed by atoms with Crippen molar-refractivity contribution >= 4 is 34.2 Å². The van der Waals surface area contributed by atoms with E-state index >= 15 is 0 Å². The fourth-order valence-corrected chi connectivity index (χ4v) is 6.29. The van der Waals surface area contributed by atoms with Gasteiger partial charge in [0.2, 0.25) is 5.95 Å². The number of halogens is 1. The molecule has 0 unspecified atom stereocenters. The van der Waals surface area contributed by atoms with Crippen LogP contribution in [0.4, 0.5) is 11.8 Å². The van der Waals surface area contributed by atoms with Gasteiger partial charge in [-0.25, -0.2) is 19.9 Å². The van der Waals surface area contributed by atoms with Crippen molar-refractivity contribution < 1.29 is 9.32 Å². The molecule has 2 fully saturated rings. The van der Waals surface area contributed by atoms with E-state index in [4.69, 9.17) is 21.6 Å². The Kier molecular flexibility index (Phi) is 6.31. The number of piperidine rings is 1. The number of nitrogens with zero attached hydrogens (tertiary/aromatic N) is 5. The SMILES string of the molecule is O=[S@@]1CCCCc2nc(C3CCN(c4ncc(Cl)cn4)CC3)nc(NC3(CO)CCC3)c21. The van der Waals surface area contributed by atoms with Crippen LogP contribution in [0.25, 0.3) is 0 Å². The molecule has 2 N–H and O–H groups in total. The summed E-state index contributed by atoms with van der Waals surface area (Å²) in [6, 6.07) is 0. The van der Waals surface area contributed by atoms with E-state index in [1.54, 1.807) is 12.4 Å². The lowest BCUT2D eigenvalue weighted by molar-refractivity contribution is 0.143. The highest BCUT2D eigenvalue weighted by molar-refractivity contribution is 7.85. The predicted octanol–water partition coefficient (Wildman–Crippen LogP) is 3.07. The normalized spacial score (nSPS) is 23.2. The van der Waals surface area contributed by atoms with Crippen LogP contribution in [0.1, 0.15) is 62.4 Å². The summed E-state index contributed by atoms with van der Waals surface area (Å²) in [7, 11) is -1.11. The second-order valence-corrected chi connectivity index (χ2v) is 11.0. The smallest absolute Gasteiger partial charge is 0.225 e. The summed E-state index contributed by atoms with van der Waals surface area (Å²) in [4.78, 5) is 21.5. The molecule has 1 aliphatic carbocycles. The number of aryl methyl sites for hydroxylation is 1. The summed E-state index contributed by atoms with van der Waals surface area (Å²) in [6.07, 6.45) is 10.7. The number of nitrogens with one attached hydrogen (secondary N) is 1. The minimum absolute atomic E-state index is 0.0627. The van der Waals surface area contributed by atoms with Crippen LogP contribution in [-0.4, -0.2) is 60.2 Å². The summed E-state index contributed by atoms with van der Waals surface area (Å²) in [5, 5.41) is 14.0. The van der Waals surface area contributed by atoms with Gasteiger partial charge in [-0.05, 0) is 51.4 Å². The van der Waals surface area contributed by atoms with E-state index in [0.29, 0.717) is 22.5 Å². The molecular weight excluding hydrogens is 448 g/mol. The number of anilines is 2. The van der Waals surface area contributed by atoms with Crippen molar-refractivity contribution in [3.8, 4) is 0 Å². The number of aliphatic hydroxyl groups excluding tert-OH is 1. The van der Waals surface area contributed by atoms with Crippen molar-refractivity contribution in [3.63, 3.8) is 0 Å². The Morgan fingerprint density at radius 2 is 1.91 bits per heavy atom. The van der Waals surface area contributed by atoms with Gasteiger partial charge in [-0.1, -0.05) is 11.6 Å². The van der Waals surface area contributed by atoms with Crippen molar-refractivity contribution in [1.82, 2.24) is 19.9 Å². The lowest BCUT2D eigenvalue weighted by Crippen LogP contribution is -2.49. The molecule has 2 aromatic heterocycles. The van der Waals surface area contributed by atoms with Gasteiger partial charge >= 0.3 is 0 Å². The fraction of sp³-hybridized carbons (Fsp3) is 0.636. The maximum absolute atomic E-state index is 13.0. The highest BCUT2D eigenvalue weighted by atomic mass is 35.5. The van der Waals surface area contributed by atoms with Crippen LogP contribution in [0.15, 0.2) is 17.3 Å². The largest absolute Gasteiger partial charge is 0.394 e. The molecule has 1 saturated heterocycles. The van der Waals surface area contributed by atoms with Crippen LogP contribution in [0.2, 0.25) is 5.02 Å². The van der Waals surface area contributed by atoms with Crippen molar-refractivity contribution in [1.29, 1.82) is 0 Å². The van der Waals surface area contributed by atoms with Gasteiger partial charge in [0.25, 0.3) is 0 Å². The molecule has 0 amide bonds. The molecule has 3 aliphatic rings. The average molecular weight is 477 g/mol. The van der Waals surface area contributed by atoms with E-state index in [2.05, 4.69) is 20.2 Å². The molecule has 1 atom stereocenters. The molecule has 4 heterocycles. The highest BCUT2D eigenvalue weighted by Gasteiger charge is 2.38. The van der Waals surface area contributed by atoms with Gasteiger partial charge in [0.05, 0.1) is 46.1 Å². The number of aliphatic hydroxyl groups is 1. The van der Waals surface area contributed by atoms with Gasteiger partial charge < -0.3 is 15.3 Å². The summed E-state index contributed by atoms with van der Waals surface area (Å²) in [6.45, 7) is 1.71. The molecule has 5 rings (SSSR count). The van der Waals surface area contributed by atoms with E-state index in [1.165, 1.54) is 0 Å². The summed E-state index contributed by atoms with van der Waals surface area (Å²) in [5.41, 5.74) is 0.578. The Bertz CT molecular complexity index is 987. The quantitative estimate of drug-likeness (QED) is 0.678. The summed E-state index contributed by atoms with van der Waals surface area (Å²) in [5.74, 6) is 3.09. The number of rotatable bonds is 5. The maximum Gasteiger partial charge on any atom is 0.225 e. The standard InChI is InChI=1S/C22H29ClN6O2S/c23-16-12-24-21(25-13-16)29-9-5-15(6-10-29)19-26-17-4-1-2-11-32(31)18(17)20(27-19)28-22(14-30)7-3-8-22/h12-13,15,30H,1-11,14H2,(H,26,27,28)/t32-/m1/s1. The van der Waals surface area contributed by atoms with Gasteiger partial charge in [0.15, 0.2) is 0 Å². The van der Waals surface area contributed by atoms with Crippen molar-refractivity contribution in [3.05, 3.63) is 28.9 Å². The average Bonchev–Trinajstić information content (AvgIpc) is 2.98. The highest BCUT2D eigenvalue weighted by Crippen LogP contribution is 2.38. The van der Waals surface area contributed by atoms with Gasteiger partial charge in [0, 0.05) is 24.8 Å². The Morgan fingerprint density at radius 1 is 1.16 bits per heavy atom. The Morgan fingerprint density at radius 3 is 2.56 bits per heavy atom. The first-order chi connectivity index (χ1) is 15.6. The second kappa shape index (κ2) is 9.19. The fourth-order valence-electron chi connectivity index (χ4n) is 4.80. The number of aromatic nitrogens is 4. The first kappa shape index (κ1) is 22.0. The molecular formula is C22H29ClN6O2S. The maximum atomic E-state index is 13.0. The molecule has 1 saturated carbocycles. The molecule has 0 aromatic carbocycles. The molecule has 32 heavy (non-hydrogen) atoms. The molecule has 10 heteroatoms. The zero-order chi connectivity index (χ0) is 22.1. The van der Waals surface area contributed by atoms with E-state index in [0.717, 1.165) is 80.9 Å². The van der Waals surface area contributed by atoms with Crippen LogP contribution in [0, 0.1) is 0 Å². The van der Waals surface area contributed by atoms with E-state index in [9.17, 15) is 9.32 Å². The Hall–Kier alpha value is -1.84. The van der Waals surface area contributed by atoms with Gasteiger partial charge in [-0.15, -0.1) is 0 Å². The lowest BCUT2D eigenvalue weighted by atomic mass is 9.77. The van der Waals surface area contributed by atoms with E-state index < -0.39 is 10.8 Å². The van der Waals surface area contributed by atoms with Gasteiger partial charge in [-0.3, -0.25) is 4.21 Å². The lowest BCUT2D eigenvalue weighted by Gasteiger charge is -2.42. The first-order valence-electron chi connectivity index (χ1n) is 11.5. The molecule has 0 spiro atoms. The summed E-state index contributed by atoms with van der Waals surface area (Å²) >= 11 is 5.92. The minimum Gasteiger partial charge on any atom is -0.394 e. The third-order valence-corrected chi connectivity index (χ3v) is 8.66. The van der Waals surface area contributed by atoms with Crippen molar-refractivity contribution in [2.45, 2.75) is 67.7 Å². The van der Waals surface area contributed by atoms with Crippen molar-refractivity contribution in [2.24, 2.45) is 0 Å². The zero-order valence-electron chi connectivity index (χ0n) is 18.1. The molecule has 2 aliphatic heterocycles. The molecule has 0 bridgehead atoms.